The molecule has 2 unspecified atom stereocenters. The maximum Gasteiger partial charge on any atom is 0.317 e. The van der Waals surface area contributed by atoms with E-state index in [9.17, 15) is 9.59 Å². The van der Waals surface area contributed by atoms with Crippen LogP contribution in [0.15, 0.2) is 54.6 Å². The molecule has 130 valence electrons. The SMILES string of the molecule is C=CC(C)(CCC=C(C)C)OC(=O)C(Cc1ccccc1)C(C)=O. The normalized spacial score (nSPS) is 14.2. The molecule has 0 aliphatic rings. The summed E-state index contributed by atoms with van der Waals surface area (Å²) >= 11 is 0. The Kier molecular flexibility index (Phi) is 7.63. The summed E-state index contributed by atoms with van der Waals surface area (Å²) in [6.07, 6.45) is 5.53. The number of benzene rings is 1. The summed E-state index contributed by atoms with van der Waals surface area (Å²) in [6, 6.07) is 9.51. The molecule has 0 aliphatic carbocycles. The lowest BCUT2D eigenvalue weighted by Crippen LogP contribution is -2.35. The zero-order chi connectivity index (χ0) is 18.2. The molecule has 0 amide bonds. The van der Waals surface area contributed by atoms with Crippen molar-refractivity contribution in [1.29, 1.82) is 0 Å². The van der Waals surface area contributed by atoms with Crippen LogP contribution in [0.5, 0.6) is 0 Å². The minimum Gasteiger partial charge on any atom is -0.455 e. The van der Waals surface area contributed by atoms with Gasteiger partial charge in [-0.3, -0.25) is 9.59 Å². The molecule has 1 rings (SSSR count). The zero-order valence-electron chi connectivity index (χ0n) is 15.2. The highest BCUT2D eigenvalue weighted by Gasteiger charge is 2.31. The summed E-state index contributed by atoms with van der Waals surface area (Å²) < 4.78 is 5.66. The zero-order valence-corrected chi connectivity index (χ0v) is 15.2. The summed E-state index contributed by atoms with van der Waals surface area (Å²) in [4.78, 5) is 24.5. The van der Waals surface area contributed by atoms with Crippen molar-refractivity contribution in [3.8, 4) is 0 Å². The molecule has 3 heteroatoms. The number of rotatable bonds is 9. The molecule has 0 saturated carbocycles. The first-order valence-electron chi connectivity index (χ1n) is 8.31. The van der Waals surface area contributed by atoms with Gasteiger partial charge in [-0.25, -0.2) is 0 Å². The van der Waals surface area contributed by atoms with Crippen molar-refractivity contribution in [2.24, 2.45) is 5.92 Å². The highest BCUT2D eigenvalue weighted by atomic mass is 16.6. The quantitative estimate of drug-likeness (QED) is 0.376. The molecule has 0 saturated heterocycles. The molecule has 24 heavy (non-hydrogen) atoms. The number of ether oxygens (including phenoxy) is 1. The average Bonchev–Trinajstić information content (AvgIpc) is 2.52. The van der Waals surface area contributed by atoms with Gasteiger partial charge in [0.15, 0.2) is 0 Å². The first-order chi connectivity index (χ1) is 11.3. The standard InChI is InChI=1S/C21H28O3/c1-6-21(5,14-10-11-16(2)3)24-20(23)19(17(4)22)15-18-12-8-7-9-13-18/h6-9,11-13,19H,1,10,14-15H2,2-5H3. The Morgan fingerprint density at radius 3 is 2.33 bits per heavy atom. The van der Waals surface area contributed by atoms with Crippen LogP contribution in [-0.2, 0) is 20.7 Å². The first kappa shape index (κ1) is 19.9. The van der Waals surface area contributed by atoms with Gasteiger partial charge < -0.3 is 4.74 Å². The van der Waals surface area contributed by atoms with E-state index in [1.807, 2.05) is 51.1 Å². The fraction of sp³-hybridized carbons (Fsp3) is 0.429. The molecule has 0 bridgehead atoms. The molecule has 1 aromatic carbocycles. The molecule has 2 atom stereocenters. The topological polar surface area (TPSA) is 43.4 Å². The monoisotopic (exact) mass is 328 g/mol. The summed E-state index contributed by atoms with van der Waals surface area (Å²) in [6.45, 7) is 11.1. The molecule has 1 aromatic rings. The van der Waals surface area contributed by atoms with Gasteiger partial charge in [0.2, 0.25) is 0 Å². The van der Waals surface area contributed by atoms with Crippen LogP contribution in [-0.4, -0.2) is 17.4 Å². The van der Waals surface area contributed by atoms with Gasteiger partial charge in [0, 0.05) is 0 Å². The van der Waals surface area contributed by atoms with E-state index in [4.69, 9.17) is 4.74 Å². The number of ketones is 1. The molecule has 0 fully saturated rings. The van der Waals surface area contributed by atoms with Gasteiger partial charge in [-0.2, -0.15) is 0 Å². The van der Waals surface area contributed by atoms with Crippen LogP contribution in [0.3, 0.4) is 0 Å². The first-order valence-corrected chi connectivity index (χ1v) is 8.31. The lowest BCUT2D eigenvalue weighted by Gasteiger charge is -2.27. The third kappa shape index (κ3) is 6.53. The van der Waals surface area contributed by atoms with Crippen LogP contribution >= 0.6 is 0 Å². The van der Waals surface area contributed by atoms with Gasteiger partial charge in [0.05, 0.1) is 0 Å². The van der Waals surface area contributed by atoms with Gasteiger partial charge in [-0.05, 0) is 58.6 Å². The molecule has 0 radical (unpaired) electrons. The maximum atomic E-state index is 12.6. The second-order valence-electron chi connectivity index (χ2n) is 6.61. The van der Waals surface area contributed by atoms with Gasteiger partial charge in [-0.15, -0.1) is 0 Å². The van der Waals surface area contributed by atoms with E-state index >= 15 is 0 Å². The Bertz CT molecular complexity index is 597. The van der Waals surface area contributed by atoms with Crippen LogP contribution in [0.1, 0.15) is 46.1 Å². The lowest BCUT2D eigenvalue weighted by molar-refractivity contribution is -0.161. The van der Waals surface area contributed by atoms with Crippen LogP contribution < -0.4 is 0 Å². The van der Waals surface area contributed by atoms with Crippen molar-refractivity contribution in [2.45, 2.75) is 52.6 Å². The second-order valence-corrected chi connectivity index (χ2v) is 6.61. The smallest absolute Gasteiger partial charge is 0.317 e. The van der Waals surface area contributed by atoms with Crippen LogP contribution in [0.25, 0.3) is 0 Å². The van der Waals surface area contributed by atoms with Crippen molar-refractivity contribution < 1.29 is 14.3 Å². The molecule has 0 aliphatic heterocycles. The number of hydrogen-bond acceptors (Lipinski definition) is 3. The van der Waals surface area contributed by atoms with Crippen molar-refractivity contribution >= 4 is 11.8 Å². The van der Waals surface area contributed by atoms with Gasteiger partial charge in [0.25, 0.3) is 0 Å². The van der Waals surface area contributed by atoms with E-state index in [2.05, 4.69) is 12.7 Å². The Labute approximate surface area is 145 Å². The Hall–Kier alpha value is -2.16. The number of allylic oxidation sites excluding steroid dienone is 2. The number of carbonyl (C=O) groups excluding carboxylic acids is 2. The number of esters is 1. The Morgan fingerprint density at radius 1 is 1.21 bits per heavy atom. The van der Waals surface area contributed by atoms with Crippen molar-refractivity contribution in [3.63, 3.8) is 0 Å². The third-order valence-electron chi connectivity index (χ3n) is 4.02. The fourth-order valence-electron chi connectivity index (χ4n) is 2.39. The highest BCUT2D eigenvalue weighted by molar-refractivity contribution is 5.98. The molecule has 0 spiro atoms. The average molecular weight is 328 g/mol. The largest absolute Gasteiger partial charge is 0.455 e. The number of carbonyl (C=O) groups is 2. The Balaban J connectivity index is 2.80. The highest BCUT2D eigenvalue weighted by Crippen LogP contribution is 2.23. The predicted octanol–water partition coefficient (Wildman–Crippen LogP) is 4.67. The van der Waals surface area contributed by atoms with E-state index in [0.717, 1.165) is 12.0 Å². The van der Waals surface area contributed by atoms with Gasteiger partial charge in [0.1, 0.15) is 17.3 Å². The van der Waals surface area contributed by atoms with Crippen molar-refractivity contribution in [2.75, 3.05) is 0 Å². The summed E-state index contributed by atoms with van der Waals surface area (Å²) in [5, 5.41) is 0. The summed E-state index contributed by atoms with van der Waals surface area (Å²) in [7, 11) is 0. The minimum absolute atomic E-state index is 0.181. The molecular weight excluding hydrogens is 300 g/mol. The lowest BCUT2D eigenvalue weighted by atomic mass is 9.94. The fourth-order valence-corrected chi connectivity index (χ4v) is 2.39. The van der Waals surface area contributed by atoms with E-state index in [1.165, 1.54) is 12.5 Å². The van der Waals surface area contributed by atoms with Crippen molar-refractivity contribution in [1.82, 2.24) is 0 Å². The molecular formula is C21H28O3. The van der Waals surface area contributed by atoms with Crippen LogP contribution in [0.4, 0.5) is 0 Å². The van der Waals surface area contributed by atoms with Crippen LogP contribution in [0.2, 0.25) is 0 Å². The Morgan fingerprint density at radius 2 is 1.83 bits per heavy atom. The number of Topliss-reactive ketones (excluding diaryl/α,β-unsaturated/α-hetero) is 1. The molecule has 0 N–H and O–H groups in total. The van der Waals surface area contributed by atoms with E-state index in [-0.39, 0.29) is 5.78 Å². The molecule has 0 aromatic heterocycles. The summed E-state index contributed by atoms with van der Waals surface area (Å²) in [5.41, 5.74) is 1.39. The van der Waals surface area contributed by atoms with Gasteiger partial charge in [-0.1, -0.05) is 48.6 Å². The van der Waals surface area contributed by atoms with E-state index in [1.54, 1.807) is 6.08 Å². The number of hydrogen-bond donors (Lipinski definition) is 0. The molecule has 3 nitrogen and oxygen atoms in total. The van der Waals surface area contributed by atoms with E-state index in [0.29, 0.717) is 12.8 Å². The predicted molar refractivity (Wildman–Crippen MR) is 97.7 cm³/mol. The van der Waals surface area contributed by atoms with Crippen LogP contribution in [0, 0.1) is 5.92 Å². The molecule has 0 heterocycles. The van der Waals surface area contributed by atoms with Crippen molar-refractivity contribution in [3.05, 3.63) is 60.2 Å². The minimum atomic E-state index is -0.782. The van der Waals surface area contributed by atoms with Gasteiger partial charge >= 0.3 is 5.97 Å². The second kappa shape index (κ2) is 9.21. The summed E-state index contributed by atoms with van der Waals surface area (Å²) in [5.74, 6) is -1.44. The third-order valence-corrected chi connectivity index (χ3v) is 4.02. The van der Waals surface area contributed by atoms with E-state index < -0.39 is 17.5 Å². The maximum absolute atomic E-state index is 12.6.